The monoisotopic (exact) mass is 144 g/mol. The molecule has 8 heavy (non-hydrogen) atoms. The van der Waals surface area contributed by atoms with Gasteiger partial charge in [0.2, 0.25) is 0 Å². The minimum absolute atomic E-state index is 0.113. The van der Waals surface area contributed by atoms with Gasteiger partial charge in [0.1, 0.15) is 11.7 Å². The van der Waals surface area contributed by atoms with Crippen LogP contribution in [0.25, 0.3) is 0 Å². The Kier molecular flexibility index (Phi) is 2.17. The Hall–Kier alpha value is -0.220. The summed E-state index contributed by atoms with van der Waals surface area (Å²) in [6.45, 7) is 0. The Morgan fingerprint density at radius 1 is 1.75 bits per heavy atom. The largest absolute Gasteiger partial charge is 0.254 e. The summed E-state index contributed by atoms with van der Waals surface area (Å²) < 4.78 is 0. The lowest BCUT2D eigenvalue weighted by Crippen LogP contribution is -2.01. The van der Waals surface area contributed by atoms with Gasteiger partial charge in [0, 0.05) is 5.37 Å². The summed E-state index contributed by atoms with van der Waals surface area (Å²) in [5.41, 5.74) is 1.74. The third-order valence-corrected chi connectivity index (χ3v) is 1.87. The van der Waals surface area contributed by atoms with Crippen molar-refractivity contribution in [2.75, 3.05) is 0 Å². The third-order valence-electron chi connectivity index (χ3n) is 0.658. The van der Waals surface area contributed by atoms with E-state index in [-0.39, 0.29) is 5.37 Å². The third kappa shape index (κ3) is 1.38. The molecule has 1 heterocycles. The van der Waals surface area contributed by atoms with Crippen LogP contribution in [0.3, 0.4) is 0 Å². The van der Waals surface area contributed by atoms with Gasteiger partial charge in [0.15, 0.2) is 0 Å². The molecule has 0 aromatic carbocycles. The second kappa shape index (κ2) is 2.94. The average molecular weight is 144 g/mol. The van der Waals surface area contributed by atoms with E-state index in [9.17, 15) is 0 Å². The van der Waals surface area contributed by atoms with Crippen molar-refractivity contribution >= 4 is 41.2 Å². The summed E-state index contributed by atoms with van der Waals surface area (Å²) in [6.07, 6.45) is 1.52. The van der Waals surface area contributed by atoms with Crippen molar-refractivity contribution < 1.29 is 0 Å². The van der Waals surface area contributed by atoms with E-state index in [2.05, 4.69) is 22.2 Å². The van der Waals surface area contributed by atoms with Crippen LogP contribution < -0.4 is 0 Å². The summed E-state index contributed by atoms with van der Waals surface area (Å²) in [7, 11) is 0. The van der Waals surface area contributed by atoms with Crippen molar-refractivity contribution in [2.24, 2.45) is 9.98 Å². The Morgan fingerprint density at radius 2 is 2.62 bits per heavy atom. The number of aliphatic imine (C=N–C) groups is 2. The molecule has 0 amide bonds. The van der Waals surface area contributed by atoms with E-state index in [1.165, 1.54) is 18.1 Å². The van der Waals surface area contributed by atoms with Gasteiger partial charge in [-0.2, -0.15) is 0 Å². The van der Waals surface area contributed by atoms with E-state index < -0.39 is 0 Å². The molecule has 0 radical (unpaired) electrons. The molecule has 1 rings (SSSR count). The molecule has 0 aliphatic carbocycles. The van der Waals surface area contributed by atoms with Gasteiger partial charge in [-0.25, -0.2) is 4.99 Å². The van der Waals surface area contributed by atoms with Gasteiger partial charge in [-0.3, -0.25) is 4.99 Å². The average Bonchev–Trinajstić information content (AvgIpc) is 1.90. The maximum Gasteiger partial charge on any atom is 0.131 e. The zero-order valence-corrected chi connectivity index (χ0v) is 5.65. The van der Waals surface area contributed by atoms with Gasteiger partial charge in [-0.1, -0.05) is 24.0 Å². The molecule has 0 saturated heterocycles. The predicted molar refractivity (Wildman–Crippen MR) is 42.0 cm³/mol. The Balaban J connectivity index is 2.51. The number of hydrogen-bond acceptors (Lipinski definition) is 4. The quantitative estimate of drug-likeness (QED) is 0.515. The summed E-state index contributed by atoms with van der Waals surface area (Å²) in [6, 6.07) is 0. The van der Waals surface area contributed by atoms with E-state index in [0.717, 1.165) is 0 Å². The van der Waals surface area contributed by atoms with E-state index in [4.69, 9.17) is 0 Å². The molecule has 4 heteroatoms. The molecule has 0 bridgehead atoms. The topological polar surface area (TPSA) is 24.7 Å². The molecule has 0 spiro atoms. The van der Waals surface area contributed by atoms with Crippen molar-refractivity contribution in [3.8, 4) is 0 Å². The number of hydrogen-bond donors (Lipinski definition) is 0. The van der Waals surface area contributed by atoms with Crippen LogP contribution in [0.15, 0.2) is 9.98 Å². The van der Waals surface area contributed by atoms with Crippen LogP contribution >= 0.6 is 24.0 Å². The second-order valence-corrected chi connectivity index (χ2v) is 2.42. The van der Waals surface area contributed by atoms with Crippen LogP contribution in [0.2, 0.25) is 0 Å². The molecule has 42 valence electrons. The number of nitrogens with zero attached hydrogens (tertiary/aromatic N) is 2. The molecule has 0 fully saturated rings. The van der Waals surface area contributed by atoms with E-state index in [0.29, 0.717) is 0 Å². The fourth-order valence-corrected chi connectivity index (χ4v) is 1.03. The molecule has 0 N–H and O–H groups in total. The molecule has 1 aliphatic rings. The first kappa shape index (κ1) is 5.91. The first-order chi connectivity index (χ1) is 3.93. The van der Waals surface area contributed by atoms with Crippen LogP contribution in [0.5, 0.6) is 0 Å². The SMILES string of the molecule is S=CC1N=CN=CS1. The summed E-state index contributed by atoms with van der Waals surface area (Å²) >= 11 is 6.16. The summed E-state index contributed by atoms with van der Waals surface area (Å²) in [5.74, 6) is 0. The molecule has 1 unspecified atom stereocenters. The minimum Gasteiger partial charge on any atom is -0.254 e. The molecular formula is C4H4N2S2. The lowest BCUT2D eigenvalue weighted by Gasteiger charge is -2.01. The van der Waals surface area contributed by atoms with Crippen LogP contribution in [-0.2, 0) is 0 Å². The number of thioether (sulfide) groups is 1. The van der Waals surface area contributed by atoms with Crippen LogP contribution in [0.4, 0.5) is 0 Å². The smallest absolute Gasteiger partial charge is 0.131 e. The van der Waals surface area contributed by atoms with Crippen molar-refractivity contribution in [3.63, 3.8) is 0 Å². The first-order valence-corrected chi connectivity index (χ1v) is 3.49. The van der Waals surface area contributed by atoms with E-state index in [1.807, 2.05) is 0 Å². The highest BCUT2D eigenvalue weighted by Crippen LogP contribution is 2.08. The van der Waals surface area contributed by atoms with E-state index in [1.54, 1.807) is 10.9 Å². The molecule has 1 atom stereocenters. The second-order valence-electron chi connectivity index (χ2n) is 1.18. The van der Waals surface area contributed by atoms with Crippen molar-refractivity contribution in [2.45, 2.75) is 5.37 Å². The highest BCUT2D eigenvalue weighted by atomic mass is 32.2. The van der Waals surface area contributed by atoms with Crippen LogP contribution in [0, 0.1) is 0 Å². The van der Waals surface area contributed by atoms with Crippen molar-refractivity contribution in [1.29, 1.82) is 0 Å². The van der Waals surface area contributed by atoms with Gasteiger partial charge >= 0.3 is 0 Å². The maximum absolute atomic E-state index is 4.65. The Morgan fingerprint density at radius 3 is 3.00 bits per heavy atom. The van der Waals surface area contributed by atoms with Gasteiger partial charge in [0.25, 0.3) is 0 Å². The maximum atomic E-state index is 4.65. The zero-order valence-electron chi connectivity index (χ0n) is 4.02. The fraction of sp³-hybridized carbons (Fsp3) is 0.250. The summed E-state index contributed by atoms with van der Waals surface area (Å²) in [5, 5.41) is 1.73. The predicted octanol–water partition coefficient (Wildman–Crippen LogP) is 1.12. The number of rotatable bonds is 1. The highest BCUT2D eigenvalue weighted by molar-refractivity contribution is 8.13. The molecular weight excluding hydrogens is 140 g/mol. The lowest BCUT2D eigenvalue weighted by atomic mass is 10.8. The van der Waals surface area contributed by atoms with Crippen LogP contribution in [-0.4, -0.2) is 22.6 Å². The minimum atomic E-state index is 0.113. The summed E-state index contributed by atoms with van der Waals surface area (Å²) in [4.78, 5) is 7.68. The van der Waals surface area contributed by atoms with Crippen molar-refractivity contribution in [3.05, 3.63) is 0 Å². The first-order valence-electron chi connectivity index (χ1n) is 2.07. The number of thiocarbonyl (C=S) groups is 1. The van der Waals surface area contributed by atoms with Crippen molar-refractivity contribution in [1.82, 2.24) is 0 Å². The normalized spacial score (nSPS) is 25.8. The fourth-order valence-electron chi connectivity index (χ4n) is 0.331. The van der Waals surface area contributed by atoms with Gasteiger partial charge in [0.05, 0.1) is 5.55 Å². The van der Waals surface area contributed by atoms with Gasteiger partial charge in [-0.15, -0.1) is 0 Å². The lowest BCUT2D eigenvalue weighted by molar-refractivity contribution is 1.26. The Labute approximate surface area is 57.1 Å². The molecule has 0 saturated carbocycles. The highest BCUT2D eigenvalue weighted by Gasteiger charge is 2.00. The van der Waals surface area contributed by atoms with E-state index >= 15 is 0 Å². The molecule has 1 aliphatic heterocycles. The van der Waals surface area contributed by atoms with Gasteiger partial charge in [-0.05, 0) is 0 Å². The zero-order chi connectivity index (χ0) is 5.82. The standard InChI is InChI=1S/C4H4N2S2/c7-1-4-6-2-5-3-8-4/h1-4H. The Bertz CT molecular complexity index is 141. The van der Waals surface area contributed by atoms with Crippen LogP contribution in [0.1, 0.15) is 0 Å². The molecule has 2 nitrogen and oxygen atoms in total. The molecule has 0 aromatic rings. The molecule has 0 aromatic heterocycles. The van der Waals surface area contributed by atoms with Gasteiger partial charge < -0.3 is 0 Å².